The Morgan fingerprint density at radius 3 is 0.920 bits per heavy atom. The molecule has 0 aliphatic heterocycles. The average molecular weight is 372 g/mol. The molecule has 0 radical (unpaired) electrons. The third-order valence-electron chi connectivity index (χ3n) is 4.59. The number of hydrogen-bond donors (Lipinski definition) is 0. The molecule has 0 aliphatic rings. The molecule has 0 N–H and O–H groups in total. The van der Waals surface area contributed by atoms with Gasteiger partial charge in [0.2, 0.25) is 0 Å². The maximum atomic E-state index is 12.2. The number of carbonyl (C=O) groups is 3. The molecule has 0 aromatic carbocycles. The first-order valence-electron chi connectivity index (χ1n) is 9.49. The van der Waals surface area contributed by atoms with Crippen LogP contribution >= 0.6 is 0 Å². The third kappa shape index (κ3) is 8.24. The second-order valence-electron chi connectivity index (χ2n) is 6.14. The molecule has 7 heteroatoms. The lowest BCUT2D eigenvalue weighted by Gasteiger charge is -2.20. The van der Waals surface area contributed by atoms with Crippen LogP contribution in [0.5, 0.6) is 0 Å². The van der Waals surface area contributed by atoms with Crippen LogP contribution in [0.3, 0.4) is 0 Å². The summed E-state index contributed by atoms with van der Waals surface area (Å²) in [6.07, 6.45) is 3.73. The molecule has 0 heterocycles. The van der Waals surface area contributed by atoms with E-state index in [9.17, 15) is 14.4 Å². The highest BCUT2D eigenvalue weighted by atomic mass is 27.3. The monoisotopic (exact) mass is 372 g/mol. The van der Waals surface area contributed by atoms with E-state index in [0.29, 0.717) is 38.5 Å². The minimum absolute atomic E-state index is 0.284. The van der Waals surface area contributed by atoms with Gasteiger partial charge in [0.15, 0.2) is 0 Å². The number of rotatable bonds is 12. The quantitative estimate of drug-likeness (QED) is 0.483. The van der Waals surface area contributed by atoms with Gasteiger partial charge in [-0.2, -0.15) is 0 Å². The Hall–Kier alpha value is -1.06. The average Bonchev–Trinajstić information content (AvgIpc) is 2.57. The second-order valence-corrected chi connectivity index (χ2v) is 7.42. The van der Waals surface area contributed by atoms with Gasteiger partial charge in [0.25, 0.3) is 17.9 Å². The van der Waals surface area contributed by atoms with Gasteiger partial charge in [0.05, 0.1) is 17.8 Å². The molecule has 0 aliphatic carbocycles. The first-order valence-corrected chi connectivity index (χ1v) is 10.9. The Labute approximate surface area is 157 Å². The van der Waals surface area contributed by atoms with Gasteiger partial charge in [-0.25, -0.2) is 0 Å². The first-order chi connectivity index (χ1) is 11.9. The molecule has 0 amide bonds. The van der Waals surface area contributed by atoms with Gasteiger partial charge in [-0.3, -0.25) is 14.4 Å². The molecule has 0 aromatic rings. The van der Waals surface area contributed by atoms with Gasteiger partial charge < -0.3 is 11.4 Å². The van der Waals surface area contributed by atoms with Crippen LogP contribution in [-0.2, 0) is 25.7 Å². The molecule has 0 spiro atoms. The summed E-state index contributed by atoms with van der Waals surface area (Å²) in [5.74, 6) is -2.24. The molecule has 25 heavy (non-hydrogen) atoms. The number of hydrogen-bond acceptors (Lipinski definition) is 6. The lowest BCUT2D eigenvalue weighted by atomic mass is 10.0. The van der Waals surface area contributed by atoms with E-state index in [0.717, 1.165) is 0 Å². The molecular weight excluding hydrogens is 339 g/mol. The Kier molecular flexibility index (Phi) is 12.6. The van der Waals surface area contributed by atoms with Crippen LogP contribution in [0.25, 0.3) is 0 Å². The maximum Gasteiger partial charge on any atom is 1.20 e. The lowest BCUT2D eigenvalue weighted by Crippen LogP contribution is -2.39. The molecule has 0 unspecified atom stereocenters. The van der Waals surface area contributed by atoms with Crippen molar-refractivity contribution in [3.8, 4) is 0 Å². The SMILES string of the molecule is CCC(CC)C(=O)[O][Al]([O]C(=O)C(CC)CC)[O]C(=O)C(CC)CC. The summed E-state index contributed by atoms with van der Waals surface area (Å²) < 4.78 is 16.0. The van der Waals surface area contributed by atoms with Crippen LogP contribution in [0, 0.1) is 17.8 Å². The lowest BCUT2D eigenvalue weighted by molar-refractivity contribution is -0.153. The van der Waals surface area contributed by atoms with Gasteiger partial charge in [0, 0.05) is 0 Å². The van der Waals surface area contributed by atoms with Crippen LogP contribution in [0.4, 0.5) is 0 Å². The van der Waals surface area contributed by atoms with Crippen LogP contribution < -0.4 is 0 Å². The Morgan fingerprint density at radius 2 is 0.760 bits per heavy atom. The Balaban J connectivity index is 5.12. The Morgan fingerprint density at radius 1 is 0.560 bits per heavy atom. The van der Waals surface area contributed by atoms with Crippen LogP contribution in [0.2, 0.25) is 0 Å². The van der Waals surface area contributed by atoms with Gasteiger partial charge in [-0.1, -0.05) is 41.5 Å². The van der Waals surface area contributed by atoms with E-state index in [-0.39, 0.29) is 17.8 Å². The molecule has 0 aromatic heterocycles. The molecule has 0 saturated heterocycles. The molecule has 6 nitrogen and oxygen atoms in total. The van der Waals surface area contributed by atoms with Crippen molar-refractivity contribution in [1.29, 1.82) is 0 Å². The summed E-state index contributed by atoms with van der Waals surface area (Å²) in [7, 11) is 0. The van der Waals surface area contributed by atoms with Crippen molar-refractivity contribution in [3.05, 3.63) is 0 Å². The zero-order valence-electron chi connectivity index (χ0n) is 16.5. The van der Waals surface area contributed by atoms with Gasteiger partial charge in [-0.05, 0) is 38.5 Å². The third-order valence-corrected chi connectivity index (χ3v) is 5.87. The van der Waals surface area contributed by atoms with Crippen LogP contribution in [-0.4, -0.2) is 33.1 Å². The second kappa shape index (κ2) is 13.2. The van der Waals surface area contributed by atoms with Crippen LogP contribution in [0.1, 0.15) is 80.1 Å². The topological polar surface area (TPSA) is 78.9 Å². The predicted molar refractivity (Wildman–Crippen MR) is 96.2 cm³/mol. The molecule has 0 saturated carbocycles. The normalized spacial score (nSPS) is 10.9. The summed E-state index contributed by atoms with van der Waals surface area (Å²) >= 11 is -3.21. The van der Waals surface area contributed by atoms with Gasteiger partial charge >= 0.3 is 15.1 Å². The fourth-order valence-corrected chi connectivity index (χ4v) is 3.80. The molecule has 0 bridgehead atoms. The molecule has 0 fully saturated rings. The highest BCUT2D eigenvalue weighted by Gasteiger charge is 2.50. The van der Waals surface area contributed by atoms with Crippen LogP contribution in [0.15, 0.2) is 0 Å². The van der Waals surface area contributed by atoms with E-state index in [2.05, 4.69) is 0 Å². The van der Waals surface area contributed by atoms with E-state index in [1.165, 1.54) is 0 Å². The Bertz CT molecular complexity index is 352. The maximum absolute atomic E-state index is 12.2. The minimum atomic E-state index is -3.21. The molecule has 144 valence electrons. The van der Waals surface area contributed by atoms with E-state index >= 15 is 0 Å². The smallest absolute Gasteiger partial charge is 0.551 e. The largest absolute Gasteiger partial charge is 1.20 e. The summed E-state index contributed by atoms with van der Waals surface area (Å²) in [5, 5.41) is 0. The summed E-state index contributed by atoms with van der Waals surface area (Å²) in [4.78, 5) is 36.7. The van der Waals surface area contributed by atoms with Crippen molar-refractivity contribution in [2.45, 2.75) is 80.1 Å². The highest BCUT2D eigenvalue weighted by Crippen LogP contribution is 2.16. The summed E-state index contributed by atoms with van der Waals surface area (Å²) in [5.41, 5.74) is 0. The van der Waals surface area contributed by atoms with Crippen molar-refractivity contribution >= 4 is 33.1 Å². The summed E-state index contributed by atoms with van der Waals surface area (Å²) in [6.45, 7) is 11.3. The minimum Gasteiger partial charge on any atom is -0.551 e. The van der Waals surface area contributed by atoms with Crippen molar-refractivity contribution in [2.24, 2.45) is 17.8 Å². The fraction of sp³-hybridized carbons (Fsp3) is 0.833. The fourth-order valence-electron chi connectivity index (χ4n) is 2.51. The zero-order valence-corrected chi connectivity index (χ0v) is 17.7. The first kappa shape index (κ1) is 23.9. The van der Waals surface area contributed by atoms with Gasteiger partial charge in [-0.15, -0.1) is 0 Å². The van der Waals surface area contributed by atoms with Crippen molar-refractivity contribution in [1.82, 2.24) is 0 Å². The number of carbonyl (C=O) groups excluding carboxylic acids is 3. The van der Waals surface area contributed by atoms with E-state index in [1.807, 2.05) is 41.5 Å². The molecule has 0 rings (SSSR count). The molecule has 0 atom stereocenters. The van der Waals surface area contributed by atoms with Gasteiger partial charge in [0.1, 0.15) is 0 Å². The van der Waals surface area contributed by atoms with Crippen molar-refractivity contribution in [3.63, 3.8) is 0 Å². The summed E-state index contributed by atoms with van der Waals surface area (Å²) in [6, 6.07) is 0. The van der Waals surface area contributed by atoms with E-state index in [1.54, 1.807) is 0 Å². The standard InChI is InChI=1S/3C6H12O2.Al/c3*1-3-5(4-2)6(7)8;/h3*5H,3-4H2,1-2H3,(H,7,8);/q;;;+3/p-3. The van der Waals surface area contributed by atoms with E-state index < -0.39 is 33.1 Å². The predicted octanol–water partition coefficient (Wildman–Crippen LogP) is 3.91. The highest BCUT2D eigenvalue weighted by molar-refractivity contribution is 6.44. The molecular formula is C18H33AlO6. The van der Waals surface area contributed by atoms with E-state index in [4.69, 9.17) is 11.4 Å². The van der Waals surface area contributed by atoms with Crippen molar-refractivity contribution in [2.75, 3.05) is 0 Å². The van der Waals surface area contributed by atoms with Crippen molar-refractivity contribution < 1.29 is 25.7 Å². The zero-order chi connectivity index (χ0) is 19.4.